The number of primary amides is 4. The van der Waals surface area contributed by atoms with E-state index in [0.29, 0.717) is 27.8 Å². The minimum atomic E-state index is -2.02. The Morgan fingerprint density at radius 2 is 0.671 bits per heavy atom. The third-order valence-corrected chi connectivity index (χ3v) is 23.9. The number of nitrogens with two attached hydrogens (primary N) is 5. The second kappa shape index (κ2) is 64.4. The number of nitrogens with one attached hydrogen (secondary N) is 20. The van der Waals surface area contributed by atoms with E-state index >= 15 is 4.79 Å². The summed E-state index contributed by atoms with van der Waals surface area (Å²) in [6, 6.07) is -15.3. The van der Waals surface area contributed by atoms with Crippen molar-refractivity contribution >= 4 is 176 Å². The van der Waals surface area contributed by atoms with E-state index in [1.807, 2.05) is 0 Å². The first-order chi connectivity index (χ1) is 69.9. The fourth-order valence-corrected chi connectivity index (χ4v) is 14.6. The summed E-state index contributed by atoms with van der Waals surface area (Å²) < 4.78 is 0. The first-order valence-corrected chi connectivity index (χ1v) is 49.0. The Labute approximate surface area is 859 Å². The molecule has 0 bridgehead atoms. The Morgan fingerprint density at radius 3 is 1.10 bits per heavy atom. The number of carbonyl (C=O) groups is 26. The lowest BCUT2D eigenvalue weighted by Crippen LogP contribution is -2.61. The predicted molar refractivity (Wildman–Crippen MR) is 528 cm³/mol. The topological polar surface area (TPSA) is 919 Å². The highest BCUT2D eigenvalue weighted by atomic mass is 32.2. The quantitative estimate of drug-likeness (QED) is 0.0249. The van der Waals surface area contributed by atoms with Gasteiger partial charge in [-0.15, -0.1) is 0 Å². The van der Waals surface area contributed by atoms with Crippen molar-refractivity contribution in [3.8, 4) is 0 Å². The number of fused-ring (bicyclic) bond motifs is 1. The highest BCUT2D eigenvalue weighted by molar-refractivity contribution is 7.98. The number of aliphatic hydroxyl groups is 2. The fraction of sp³-hybridized carbons (Fsp3) is 0.565. The van der Waals surface area contributed by atoms with Gasteiger partial charge in [-0.2, -0.15) is 11.8 Å². The number of carboxylic acids is 3. The van der Waals surface area contributed by atoms with Crippen LogP contribution in [0.2, 0.25) is 0 Å². The first kappa shape index (κ1) is 128. The maximum atomic E-state index is 15.0. The zero-order chi connectivity index (χ0) is 113. The Hall–Kier alpha value is -15.6. The number of aliphatic carboxylic acids is 3. The molecule has 0 fully saturated rings. The molecule has 0 aliphatic rings. The van der Waals surface area contributed by atoms with Gasteiger partial charge in [-0.3, -0.25) is 125 Å². The van der Waals surface area contributed by atoms with E-state index in [4.69, 9.17) is 33.8 Å². The smallest absolute Gasteiger partial charge is 0.322 e. The highest BCUT2D eigenvalue weighted by Crippen LogP contribution is 2.22. The van der Waals surface area contributed by atoms with E-state index in [2.05, 4.69) is 106 Å². The molecule has 0 radical (unpaired) electrons. The lowest BCUT2D eigenvalue weighted by Gasteiger charge is -2.28. The number of carboxylic acid groups (broad SMARTS) is 3. The number of hydrogen-bond acceptors (Lipinski definition) is 30. The van der Waals surface area contributed by atoms with Crippen LogP contribution in [0.4, 0.5) is 0 Å². The molecule has 1 heterocycles. The van der Waals surface area contributed by atoms with Gasteiger partial charge in [-0.25, -0.2) is 0 Å². The summed E-state index contributed by atoms with van der Waals surface area (Å²) in [5.41, 5.74) is 29.1. The van der Waals surface area contributed by atoms with Gasteiger partial charge >= 0.3 is 17.9 Å². The minimum absolute atomic E-state index is 0.151. The van der Waals surface area contributed by atoms with Crippen molar-refractivity contribution < 1.29 is 150 Å². The zero-order valence-electron chi connectivity index (χ0n) is 84.2. The lowest BCUT2D eigenvalue weighted by atomic mass is 9.97. The maximum absolute atomic E-state index is 15.0. The second-order valence-corrected chi connectivity index (χ2v) is 36.4. The molecule has 0 saturated carbocycles. The van der Waals surface area contributed by atoms with Crippen LogP contribution in [-0.4, -0.2) is 331 Å². The Bertz CT molecular complexity index is 5240. The van der Waals surface area contributed by atoms with Crippen LogP contribution in [-0.2, 0) is 137 Å². The molecule has 149 heavy (non-hydrogen) atoms. The molecule has 0 unspecified atom stereocenters. The summed E-state index contributed by atoms with van der Waals surface area (Å²) in [6.07, 6.45) is -5.93. The third kappa shape index (κ3) is 45.9. The van der Waals surface area contributed by atoms with Gasteiger partial charge in [0.15, 0.2) is 0 Å². The number of H-pyrrole nitrogens is 1. The molecule has 0 spiro atoms. The van der Waals surface area contributed by atoms with Gasteiger partial charge in [-0.1, -0.05) is 89.1 Å². The molecule has 23 amide bonds. The molecule has 824 valence electrons. The van der Waals surface area contributed by atoms with Crippen LogP contribution >= 0.6 is 11.8 Å². The third-order valence-electron chi connectivity index (χ3n) is 23.2. The number of para-hydroxylation sites is 1. The molecule has 0 saturated heterocycles. The molecule has 0 aliphatic carbocycles. The molecule has 56 nitrogen and oxygen atoms in total. The van der Waals surface area contributed by atoms with Gasteiger partial charge in [0, 0.05) is 62.0 Å². The molecule has 35 N–H and O–H groups in total. The van der Waals surface area contributed by atoms with Crippen LogP contribution in [0, 0.1) is 11.8 Å². The number of amides is 23. The largest absolute Gasteiger partial charge is 0.481 e. The maximum Gasteiger partial charge on any atom is 0.322 e. The minimum Gasteiger partial charge on any atom is -0.481 e. The van der Waals surface area contributed by atoms with Crippen LogP contribution in [0.15, 0.2) is 60.8 Å². The van der Waals surface area contributed by atoms with E-state index in [-0.39, 0.29) is 32.1 Å². The van der Waals surface area contributed by atoms with Gasteiger partial charge < -0.3 is 160 Å². The number of rotatable bonds is 69. The fourth-order valence-electron chi connectivity index (χ4n) is 14.1. The van der Waals surface area contributed by atoms with E-state index < -0.39 is 371 Å². The van der Waals surface area contributed by atoms with Crippen molar-refractivity contribution in [3.63, 3.8) is 0 Å². The van der Waals surface area contributed by atoms with E-state index in [0.717, 1.165) is 34.6 Å². The zero-order valence-corrected chi connectivity index (χ0v) is 85.0. The van der Waals surface area contributed by atoms with Crippen LogP contribution in [0.25, 0.3) is 10.9 Å². The molecule has 21 atom stereocenters. The van der Waals surface area contributed by atoms with Crippen molar-refractivity contribution in [1.29, 1.82) is 0 Å². The summed E-state index contributed by atoms with van der Waals surface area (Å²) in [5, 5.41) is 93.9. The van der Waals surface area contributed by atoms with Crippen LogP contribution in [0.3, 0.4) is 0 Å². The molecule has 0 aliphatic heterocycles. The number of aromatic nitrogens is 1. The Kier molecular flexibility index (Phi) is 55.2. The molecule has 57 heteroatoms. The number of benzene rings is 2. The van der Waals surface area contributed by atoms with Crippen LogP contribution < -0.4 is 130 Å². The van der Waals surface area contributed by atoms with Crippen LogP contribution in [0.5, 0.6) is 0 Å². The van der Waals surface area contributed by atoms with Crippen LogP contribution in [0.1, 0.15) is 170 Å². The Morgan fingerprint density at radius 1 is 0.336 bits per heavy atom. The lowest BCUT2D eigenvalue weighted by molar-refractivity contribution is -0.139. The van der Waals surface area contributed by atoms with Crippen molar-refractivity contribution in [3.05, 3.63) is 71.9 Å². The normalized spacial score (nSPS) is 15.3. The van der Waals surface area contributed by atoms with Crippen molar-refractivity contribution in [2.75, 3.05) is 31.7 Å². The summed E-state index contributed by atoms with van der Waals surface area (Å²) >= 11 is 1.36. The van der Waals surface area contributed by atoms with E-state index in [1.165, 1.54) is 31.8 Å². The standard InChI is InChI=1S/C92H139N25O31S/c1-12-42(3)72(90(146)109-58(26-31-69(125)126)82(138)104-46(7)77(133)101-45(6)76(132)102-47(8)78(134)114-63(41-118)89(145)105-48(9)79(135)116-73(43(4)13-2)91(147)108-55(23-28-64(94)120)81(137)100-40-71(129)130)115-68(124)39-99-75(131)44(5)103-86(142)60(35-50-19-15-14-16-20-50)111-88(144)62(37-67(97)123)113-87(143)61(36-51-38-98-54-22-18-17-21-52(51)54)112-85(141)57(25-30-66(96)122)107-83(139)56(24-29-65(95)121)106-84(140)59(27-32-70(127)128)110-92(148)74(49(10)119)117-80(136)53(93)33-34-149-11/h14-22,38,42-49,53,55-63,72-74,98,118-119H,12-13,23-37,39-41,93H2,1-11H3,(H2,94,120)(H2,95,121)(H2,96,122)(H2,97,123)(H,99,131)(H,100,137)(H,101,133)(H,102,132)(H,103,142)(H,104,138)(H,105,145)(H,106,140)(H,107,139)(H,108,147)(H,109,146)(H,110,148)(H,111,144)(H,112,141)(H,113,143)(H,114,134)(H,115,124)(H,116,135)(H,117,136)(H,125,126)(H,127,128)(H,129,130)/t42-,43-,44-,45-,46-,47-,48-,49+,53-,55-,56-,57-,58-,59-,60-,61-,62-,63-,72-,73-,74-/m0/s1. The van der Waals surface area contributed by atoms with E-state index in [9.17, 15) is 140 Å². The predicted octanol–water partition coefficient (Wildman–Crippen LogP) is -10.4. The molecule has 2 aromatic carbocycles. The van der Waals surface area contributed by atoms with Gasteiger partial charge in [0.2, 0.25) is 136 Å². The second-order valence-electron chi connectivity index (χ2n) is 35.4. The number of aliphatic hydroxyl groups excluding tert-OH is 2. The highest BCUT2D eigenvalue weighted by Gasteiger charge is 2.41. The molecule has 3 aromatic rings. The Balaban J connectivity index is 1.83. The summed E-state index contributed by atoms with van der Waals surface area (Å²) in [7, 11) is 0. The van der Waals surface area contributed by atoms with Crippen molar-refractivity contribution in [2.24, 2.45) is 40.5 Å². The van der Waals surface area contributed by atoms with Gasteiger partial charge in [0.25, 0.3) is 0 Å². The molecular weight excluding hydrogens is 1980 g/mol. The molecule has 1 aromatic heterocycles. The van der Waals surface area contributed by atoms with Crippen molar-refractivity contribution in [1.82, 2.24) is 106 Å². The van der Waals surface area contributed by atoms with E-state index in [1.54, 1.807) is 81.6 Å². The number of carbonyl (C=O) groups excluding carboxylic acids is 23. The summed E-state index contributed by atoms with van der Waals surface area (Å²) in [5.74, 6) is -30.4. The molecular formula is C92H139N25O31S. The molecule has 3 rings (SSSR count). The average Bonchev–Trinajstić information content (AvgIpc) is 1.65. The van der Waals surface area contributed by atoms with Crippen molar-refractivity contribution in [2.45, 2.75) is 287 Å². The number of aromatic amines is 1. The van der Waals surface area contributed by atoms with Gasteiger partial charge in [0.1, 0.15) is 109 Å². The average molecular weight is 2120 g/mol. The summed E-state index contributed by atoms with van der Waals surface area (Å²) in [4.78, 5) is 351. The first-order valence-electron chi connectivity index (χ1n) is 47.6. The SMILES string of the molecule is CC[C@H](C)[C@H](NC(=O)CNC(=O)[C@H](C)NC(=O)[C@H](Cc1ccccc1)NC(=O)[C@H](CC(N)=O)NC(=O)[C@H](Cc1c[nH]c2ccccc12)NC(=O)[C@H](CCC(N)=O)NC(=O)[C@H](CCC(N)=O)NC(=O)[C@H](CCC(=O)O)NC(=O)[C@@H](NC(=O)[C@@H](N)CCSC)[C@@H](C)O)C(=O)N[C@@H](CCC(=O)O)C(=O)N[C@@H](C)C(=O)N[C@@H](C)C(=O)N[C@@H](C)C(=O)N[C@@H](CO)C(=O)N[C@@H](C)C(=O)N[C@H](C(=O)N[C@@H](CCC(N)=O)C(=O)NCC(=O)O)[C@@H](C)CC. The number of thioether (sulfide) groups is 1. The number of hydrogen-bond donors (Lipinski definition) is 30. The summed E-state index contributed by atoms with van der Waals surface area (Å²) in [6.45, 7) is 10.4. The van der Waals surface area contributed by atoms with Gasteiger partial charge in [-0.05, 0) is 121 Å². The monoisotopic (exact) mass is 2120 g/mol. The van der Waals surface area contributed by atoms with Gasteiger partial charge in [0.05, 0.1) is 31.7 Å².